The van der Waals surface area contributed by atoms with Crippen molar-refractivity contribution in [3.8, 4) is 0 Å². The zero-order valence-electron chi connectivity index (χ0n) is 21.8. The molecule has 5 rings (SSSR count). The van der Waals surface area contributed by atoms with E-state index in [0.29, 0.717) is 28.1 Å². The fraction of sp³-hybridized carbons (Fsp3) is 0.933. The van der Waals surface area contributed by atoms with Crippen LogP contribution in [0.15, 0.2) is 12.2 Å². The number of hydrogen-bond acceptors (Lipinski definition) is 2. The molecule has 0 saturated heterocycles. The third kappa shape index (κ3) is 2.66. The average molecular weight is 443 g/mol. The molecule has 2 heteroatoms. The standard InChI is InChI=1S/C30H50O2/c1-19(2)20-10-13-26(3)16-17-29(6)21(25(20)26)8-9-23-27(4)14-12-24(32)28(5,18-31)22(27)11-15-30(23,29)7/h20-25,31-32H,1,8-18H2,2-7H3/t20?,21-,22-,23-,24?,25-,26-,27+,28+,29-,30-/m1/s1. The summed E-state index contributed by atoms with van der Waals surface area (Å²) in [6.45, 7) is 19.6. The fourth-order valence-electron chi connectivity index (χ4n) is 11.5. The predicted molar refractivity (Wildman–Crippen MR) is 132 cm³/mol. The van der Waals surface area contributed by atoms with Crippen molar-refractivity contribution in [2.75, 3.05) is 6.61 Å². The molecule has 0 aliphatic heterocycles. The minimum absolute atomic E-state index is 0.123. The molecule has 0 radical (unpaired) electrons. The van der Waals surface area contributed by atoms with Crippen LogP contribution in [0, 0.1) is 56.7 Å². The maximum absolute atomic E-state index is 10.9. The van der Waals surface area contributed by atoms with Crippen molar-refractivity contribution in [2.24, 2.45) is 56.7 Å². The predicted octanol–water partition coefficient (Wildman–Crippen LogP) is 7.00. The lowest BCUT2D eigenvalue weighted by Gasteiger charge is -2.73. The van der Waals surface area contributed by atoms with Crippen LogP contribution < -0.4 is 0 Å². The van der Waals surface area contributed by atoms with Gasteiger partial charge in [-0.2, -0.15) is 0 Å². The Labute approximate surface area is 197 Å². The Hall–Kier alpha value is -0.340. The molecule has 0 aromatic heterocycles. The van der Waals surface area contributed by atoms with Crippen molar-refractivity contribution in [3.05, 3.63) is 12.2 Å². The summed E-state index contributed by atoms with van der Waals surface area (Å²) in [5.41, 5.74) is 2.62. The van der Waals surface area contributed by atoms with Gasteiger partial charge < -0.3 is 10.2 Å². The largest absolute Gasteiger partial charge is 0.396 e. The van der Waals surface area contributed by atoms with Crippen molar-refractivity contribution in [3.63, 3.8) is 0 Å². The molecule has 0 aromatic rings. The molecule has 2 unspecified atom stereocenters. The van der Waals surface area contributed by atoms with Gasteiger partial charge in [-0.25, -0.2) is 0 Å². The van der Waals surface area contributed by atoms with Crippen LogP contribution in [-0.4, -0.2) is 22.9 Å². The number of rotatable bonds is 2. The van der Waals surface area contributed by atoms with Gasteiger partial charge in [0.05, 0.1) is 12.7 Å². The van der Waals surface area contributed by atoms with Crippen LogP contribution in [0.25, 0.3) is 0 Å². The molecule has 5 fully saturated rings. The third-order valence-corrected chi connectivity index (χ3v) is 13.6. The van der Waals surface area contributed by atoms with Gasteiger partial charge in [-0.3, -0.25) is 0 Å². The summed E-state index contributed by atoms with van der Waals surface area (Å²) >= 11 is 0. The van der Waals surface area contributed by atoms with Gasteiger partial charge in [0.15, 0.2) is 0 Å². The summed E-state index contributed by atoms with van der Waals surface area (Å²) in [6.07, 6.45) is 12.3. The van der Waals surface area contributed by atoms with Gasteiger partial charge in [0, 0.05) is 5.41 Å². The second-order valence-corrected chi connectivity index (χ2v) is 14.6. The van der Waals surface area contributed by atoms with E-state index in [9.17, 15) is 10.2 Å². The summed E-state index contributed by atoms with van der Waals surface area (Å²) in [5, 5.41) is 21.3. The number of hydrogen-bond donors (Lipinski definition) is 2. The summed E-state index contributed by atoms with van der Waals surface area (Å²) < 4.78 is 0. The Bertz CT molecular complexity index is 790. The Morgan fingerprint density at radius 2 is 1.53 bits per heavy atom. The quantitative estimate of drug-likeness (QED) is 0.452. The molecular weight excluding hydrogens is 392 g/mol. The van der Waals surface area contributed by atoms with Crippen molar-refractivity contribution in [1.82, 2.24) is 0 Å². The lowest BCUT2D eigenvalue weighted by molar-refractivity contribution is -0.253. The molecule has 0 heterocycles. The van der Waals surface area contributed by atoms with Gasteiger partial charge in [0.1, 0.15) is 0 Å². The normalized spacial score (nSPS) is 59.5. The zero-order valence-corrected chi connectivity index (χ0v) is 21.8. The molecule has 5 aliphatic carbocycles. The summed E-state index contributed by atoms with van der Waals surface area (Å²) in [4.78, 5) is 0. The molecule has 182 valence electrons. The average Bonchev–Trinajstić information content (AvgIpc) is 3.09. The number of aliphatic hydroxyl groups excluding tert-OH is 2. The Morgan fingerprint density at radius 1 is 0.812 bits per heavy atom. The molecular formula is C30H50O2. The molecule has 0 aromatic carbocycles. The van der Waals surface area contributed by atoms with Crippen LogP contribution >= 0.6 is 0 Å². The molecule has 5 aliphatic rings. The van der Waals surface area contributed by atoms with Crippen LogP contribution in [0.4, 0.5) is 0 Å². The van der Waals surface area contributed by atoms with Crippen LogP contribution in [0.3, 0.4) is 0 Å². The van der Waals surface area contributed by atoms with Crippen LogP contribution in [-0.2, 0) is 0 Å². The Morgan fingerprint density at radius 3 is 2.19 bits per heavy atom. The molecule has 0 spiro atoms. The highest BCUT2D eigenvalue weighted by Gasteiger charge is 2.70. The maximum Gasteiger partial charge on any atom is 0.0618 e. The molecule has 5 saturated carbocycles. The first-order valence-corrected chi connectivity index (χ1v) is 13.8. The highest BCUT2D eigenvalue weighted by Crippen LogP contribution is 2.77. The number of fused-ring (bicyclic) bond motifs is 7. The van der Waals surface area contributed by atoms with E-state index in [1.165, 1.54) is 56.9 Å². The lowest BCUT2D eigenvalue weighted by atomic mass is 9.32. The van der Waals surface area contributed by atoms with E-state index in [4.69, 9.17) is 0 Å². The zero-order chi connectivity index (χ0) is 23.3. The first kappa shape index (κ1) is 23.4. The third-order valence-electron chi connectivity index (χ3n) is 13.6. The van der Waals surface area contributed by atoms with Crippen LogP contribution in [0.1, 0.15) is 106 Å². The summed E-state index contributed by atoms with van der Waals surface area (Å²) in [5.74, 6) is 3.51. The second-order valence-electron chi connectivity index (χ2n) is 14.6. The molecule has 11 atom stereocenters. The van der Waals surface area contributed by atoms with Crippen molar-refractivity contribution >= 4 is 0 Å². The number of aliphatic hydroxyl groups is 2. The fourth-order valence-corrected chi connectivity index (χ4v) is 11.5. The molecule has 32 heavy (non-hydrogen) atoms. The van der Waals surface area contributed by atoms with Crippen LogP contribution in [0.5, 0.6) is 0 Å². The van der Waals surface area contributed by atoms with Gasteiger partial charge in [-0.05, 0) is 122 Å². The van der Waals surface area contributed by atoms with Gasteiger partial charge in [-0.1, -0.05) is 46.8 Å². The first-order chi connectivity index (χ1) is 14.9. The topological polar surface area (TPSA) is 40.5 Å². The molecule has 2 N–H and O–H groups in total. The molecule has 0 bridgehead atoms. The Balaban J connectivity index is 1.54. The number of allylic oxidation sites excluding steroid dienone is 1. The Kier molecular flexibility index (Phi) is 5.19. The monoisotopic (exact) mass is 442 g/mol. The smallest absolute Gasteiger partial charge is 0.0618 e. The summed E-state index contributed by atoms with van der Waals surface area (Å²) in [6, 6.07) is 0. The van der Waals surface area contributed by atoms with Crippen molar-refractivity contribution in [1.29, 1.82) is 0 Å². The first-order valence-electron chi connectivity index (χ1n) is 13.8. The van der Waals surface area contributed by atoms with E-state index in [2.05, 4.69) is 48.1 Å². The maximum atomic E-state index is 10.9. The van der Waals surface area contributed by atoms with E-state index >= 15 is 0 Å². The highest BCUT2D eigenvalue weighted by molar-refractivity contribution is 5.21. The minimum atomic E-state index is -0.355. The van der Waals surface area contributed by atoms with Crippen LogP contribution in [0.2, 0.25) is 0 Å². The van der Waals surface area contributed by atoms with Crippen molar-refractivity contribution < 1.29 is 10.2 Å². The van der Waals surface area contributed by atoms with E-state index in [0.717, 1.165) is 30.6 Å². The van der Waals surface area contributed by atoms with Gasteiger partial charge in [-0.15, -0.1) is 0 Å². The van der Waals surface area contributed by atoms with E-state index in [1.54, 1.807) is 0 Å². The summed E-state index contributed by atoms with van der Waals surface area (Å²) in [7, 11) is 0. The van der Waals surface area contributed by atoms with Gasteiger partial charge in [0.2, 0.25) is 0 Å². The molecule has 2 nitrogen and oxygen atoms in total. The van der Waals surface area contributed by atoms with Gasteiger partial charge >= 0.3 is 0 Å². The minimum Gasteiger partial charge on any atom is -0.396 e. The van der Waals surface area contributed by atoms with E-state index in [-0.39, 0.29) is 23.5 Å². The van der Waals surface area contributed by atoms with E-state index in [1.807, 2.05) is 0 Å². The van der Waals surface area contributed by atoms with Gasteiger partial charge in [0.25, 0.3) is 0 Å². The SMILES string of the molecule is C=C(C)C1CC[C@]2(C)CC[C@]3(C)[C@H](CC[C@@H]4[C@@]5(C)CCC(O)[C@@](C)(CO)[C@@H]5CC[C@]43C)[C@@H]12. The van der Waals surface area contributed by atoms with Crippen molar-refractivity contribution in [2.45, 2.75) is 112 Å². The highest BCUT2D eigenvalue weighted by atomic mass is 16.3. The molecule has 0 amide bonds. The second kappa shape index (κ2) is 7.09. The lowest BCUT2D eigenvalue weighted by Crippen LogP contribution is -2.67. The van der Waals surface area contributed by atoms with E-state index < -0.39 is 0 Å².